The van der Waals surface area contributed by atoms with E-state index in [1.54, 1.807) is 11.0 Å². The van der Waals surface area contributed by atoms with E-state index >= 15 is 0 Å². The average molecular weight is 362 g/mol. The molecule has 142 valence electrons. The predicted molar refractivity (Wildman–Crippen MR) is 96.0 cm³/mol. The van der Waals surface area contributed by atoms with Crippen molar-refractivity contribution in [3.8, 4) is 0 Å². The number of amides is 2. The number of rotatable bonds is 4. The molecule has 1 saturated carbocycles. The van der Waals surface area contributed by atoms with Crippen molar-refractivity contribution in [1.29, 1.82) is 0 Å². The van der Waals surface area contributed by atoms with E-state index in [2.05, 4.69) is 5.32 Å². The maximum absolute atomic E-state index is 13.6. The van der Waals surface area contributed by atoms with Gasteiger partial charge in [0.1, 0.15) is 17.6 Å². The van der Waals surface area contributed by atoms with Gasteiger partial charge in [0.15, 0.2) is 0 Å². The van der Waals surface area contributed by atoms with Crippen LogP contribution < -0.4 is 5.32 Å². The van der Waals surface area contributed by atoms with Crippen LogP contribution in [0.5, 0.6) is 0 Å². The standard InChI is InChI=1S/C20H27FN2O3/c1-14(2)12-22-18(24)17-13-26-20(9-4-3-5-10-20)23(17)19(25)15-7-6-8-16(21)11-15/h6-8,11,14,17H,3-5,9-10,12-13H2,1-2H3,(H,22,24)/t17-/m1/s1. The summed E-state index contributed by atoms with van der Waals surface area (Å²) in [5.41, 5.74) is -0.497. The third-order valence-corrected chi connectivity index (χ3v) is 5.17. The van der Waals surface area contributed by atoms with Gasteiger partial charge < -0.3 is 10.1 Å². The van der Waals surface area contributed by atoms with E-state index in [0.29, 0.717) is 25.3 Å². The van der Waals surface area contributed by atoms with E-state index in [-0.39, 0.29) is 24.0 Å². The number of hydrogen-bond donors (Lipinski definition) is 1. The first-order valence-corrected chi connectivity index (χ1v) is 9.44. The first-order chi connectivity index (χ1) is 12.4. The second kappa shape index (κ2) is 7.74. The Balaban J connectivity index is 1.89. The molecular weight excluding hydrogens is 335 g/mol. The fourth-order valence-electron chi connectivity index (χ4n) is 3.85. The van der Waals surface area contributed by atoms with Gasteiger partial charge in [-0.15, -0.1) is 0 Å². The van der Waals surface area contributed by atoms with Gasteiger partial charge in [0.05, 0.1) is 6.61 Å². The van der Waals surface area contributed by atoms with Crippen LogP contribution in [-0.2, 0) is 9.53 Å². The van der Waals surface area contributed by atoms with Crippen LogP contribution in [0.2, 0.25) is 0 Å². The van der Waals surface area contributed by atoms with E-state index in [1.165, 1.54) is 18.2 Å². The minimum Gasteiger partial charge on any atom is -0.354 e. The maximum atomic E-state index is 13.6. The van der Waals surface area contributed by atoms with Crippen LogP contribution in [0.3, 0.4) is 0 Å². The number of halogens is 1. The Labute approximate surface area is 153 Å². The van der Waals surface area contributed by atoms with Gasteiger partial charge in [-0.1, -0.05) is 26.3 Å². The molecule has 1 aromatic carbocycles. The molecule has 2 aliphatic rings. The molecule has 6 heteroatoms. The highest BCUT2D eigenvalue weighted by Gasteiger charge is 2.52. The third kappa shape index (κ3) is 3.75. The molecule has 1 N–H and O–H groups in total. The minimum absolute atomic E-state index is 0.186. The lowest BCUT2D eigenvalue weighted by Gasteiger charge is -2.41. The lowest BCUT2D eigenvalue weighted by Crippen LogP contribution is -2.56. The van der Waals surface area contributed by atoms with Crippen molar-refractivity contribution in [2.75, 3.05) is 13.2 Å². The Morgan fingerprint density at radius 1 is 1.31 bits per heavy atom. The van der Waals surface area contributed by atoms with Crippen molar-refractivity contribution in [2.24, 2.45) is 5.92 Å². The van der Waals surface area contributed by atoms with Crippen LogP contribution in [0.1, 0.15) is 56.3 Å². The number of ether oxygens (including phenoxy) is 1. The summed E-state index contributed by atoms with van der Waals surface area (Å²) < 4.78 is 19.7. The van der Waals surface area contributed by atoms with E-state index in [1.807, 2.05) is 13.8 Å². The molecule has 26 heavy (non-hydrogen) atoms. The predicted octanol–water partition coefficient (Wildman–Crippen LogP) is 3.10. The van der Waals surface area contributed by atoms with Crippen molar-refractivity contribution in [3.63, 3.8) is 0 Å². The molecule has 1 aliphatic carbocycles. The topological polar surface area (TPSA) is 58.6 Å². The van der Waals surface area contributed by atoms with Crippen LogP contribution in [0, 0.1) is 11.7 Å². The van der Waals surface area contributed by atoms with Crippen LogP contribution in [0.15, 0.2) is 24.3 Å². The molecule has 1 saturated heterocycles. The monoisotopic (exact) mass is 362 g/mol. The fraction of sp³-hybridized carbons (Fsp3) is 0.600. The first-order valence-electron chi connectivity index (χ1n) is 9.44. The first kappa shape index (κ1) is 18.8. The lowest BCUT2D eigenvalue weighted by molar-refractivity contribution is -0.127. The zero-order chi connectivity index (χ0) is 18.7. The largest absolute Gasteiger partial charge is 0.354 e. The van der Waals surface area contributed by atoms with Gasteiger partial charge in [0.25, 0.3) is 5.91 Å². The smallest absolute Gasteiger partial charge is 0.256 e. The summed E-state index contributed by atoms with van der Waals surface area (Å²) >= 11 is 0. The molecule has 1 aliphatic heterocycles. The molecule has 0 radical (unpaired) electrons. The van der Waals surface area contributed by atoms with Crippen molar-refractivity contribution in [2.45, 2.75) is 57.7 Å². The summed E-state index contributed by atoms with van der Waals surface area (Å²) in [4.78, 5) is 27.5. The Morgan fingerprint density at radius 3 is 2.69 bits per heavy atom. The minimum atomic E-state index is -0.749. The van der Waals surface area contributed by atoms with Crippen LogP contribution in [-0.4, -0.2) is 41.6 Å². The summed E-state index contributed by atoms with van der Waals surface area (Å²) in [6, 6.07) is 4.95. The highest BCUT2D eigenvalue weighted by atomic mass is 19.1. The van der Waals surface area contributed by atoms with Gasteiger partial charge in [0, 0.05) is 12.1 Å². The van der Waals surface area contributed by atoms with Crippen molar-refractivity contribution >= 4 is 11.8 Å². The number of benzene rings is 1. The van der Waals surface area contributed by atoms with E-state index in [4.69, 9.17) is 4.74 Å². The molecule has 1 aromatic rings. The number of carbonyl (C=O) groups is 2. The van der Waals surface area contributed by atoms with E-state index in [9.17, 15) is 14.0 Å². The second-order valence-electron chi connectivity index (χ2n) is 7.66. The Kier molecular flexibility index (Phi) is 5.61. The van der Waals surface area contributed by atoms with Gasteiger partial charge in [0.2, 0.25) is 5.91 Å². The molecule has 1 heterocycles. The van der Waals surface area contributed by atoms with E-state index in [0.717, 1.165) is 19.3 Å². The van der Waals surface area contributed by atoms with Crippen molar-refractivity contribution < 1.29 is 18.7 Å². The number of nitrogens with one attached hydrogen (secondary N) is 1. The molecule has 0 bridgehead atoms. The van der Waals surface area contributed by atoms with E-state index < -0.39 is 17.6 Å². The van der Waals surface area contributed by atoms with Gasteiger partial charge in [-0.2, -0.15) is 0 Å². The van der Waals surface area contributed by atoms with Crippen LogP contribution in [0.25, 0.3) is 0 Å². The van der Waals surface area contributed by atoms with Crippen molar-refractivity contribution in [3.05, 3.63) is 35.6 Å². The number of nitrogens with zero attached hydrogens (tertiary/aromatic N) is 1. The Hall–Kier alpha value is -1.95. The van der Waals surface area contributed by atoms with Gasteiger partial charge in [-0.05, 0) is 49.8 Å². The van der Waals surface area contributed by atoms with Crippen LogP contribution in [0.4, 0.5) is 4.39 Å². The fourth-order valence-corrected chi connectivity index (χ4v) is 3.85. The number of carbonyl (C=O) groups excluding carboxylic acids is 2. The average Bonchev–Trinajstić information content (AvgIpc) is 2.98. The van der Waals surface area contributed by atoms with Crippen molar-refractivity contribution in [1.82, 2.24) is 10.2 Å². The quantitative estimate of drug-likeness (QED) is 0.895. The van der Waals surface area contributed by atoms with Crippen LogP contribution >= 0.6 is 0 Å². The summed E-state index contributed by atoms with van der Waals surface area (Å²) in [5.74, 6) is -0.689. The summed E-state index contributed by atoms with van der Waals surface area (Å²) in [6.07, 6.45) is 4.42. The molecule has 2 fully saturated rings. The zero-order valence-electron chi connectivity index (χ0n) is 15.5. The molecule has 5 nitrogen and oxygen atoms in total. The van der Waals surface area contributed by atoms with Gasteiger partial charge in [-0.3, -0.25) is 14.5 Å². The second-order valence-corrected chi connectivity index (χ2v) is 7.66. The molecule has 1 atom stereocenters. The number of hydrogen-bond acceptors (Lipinski definition) is 3. The summed E-state index contributed by atoms with van der Waals surface area (Å²) in [7, 11) is 0. The van der Waals surface area contributed by atoms with Gasteiger partial charge in [-0.25, -0.2) is 4.39 Å². The molecule has 2 amide bonds. The third-order valence-electron chi connectivity index (χ3n) is 5.17. The highest BCUT2D eigenvalue weighted by Crippen LogP contribution is 2.41. The summed E-state index contributed by atoms with van der Waals surface area (Å²) in [6.45, 7) is 4.77. The van der Waals surface area contributed by atoms with Gasteiger partial charge >= 0.3 is 0 Å². The normalized spacial score (nSPS) is 22.0. The summed E-state index contributed by atoms with van der Waals surface area (Å²) in [5, 5.41) is 2.91. The SMILES string of the molecule is CC(C)CNC(=O)[C@H]1COC2(CCCCC2)N1C(=O)c1cccc(F)c1. The Bertz CT molecular complexity index is 671. The lowest BCUT2D eigenvalue weighted by atomic mass is 9.89. The molecule has 3 rings (SSSR count). The molecule has 0 unspecified atom stereocenters. The molecule has 0 aromatic heterocycles. The maximum Gasteiger partial charge on any atom is 0.256 e. The molecular formula is C20H27FN2O3. The highest BCUT2D eigenvalue weighted by molar-refractivity contribution is 5.98. The molecule has 1 spiro atoms. The Morgan fingerprint density at radius 2 is 2.04 bits per heavy atom. The zero-order valence-corrected chi connectivity index (χ0v) is 15.5.